The highest BCUT2D eigenvalue weighted by molar-refractivity contribution is 5.32. The second-order valence-corrected chi connectivity index (χ2v) is 9.79. The number of piperidine rings is 1. The van der Waals surface area contributed by atoms with E-state index in [1.807, 2.05) is 6.92 Å². The normalized spacial score (nSPS) is 19.7. The van der Waals surface area contributed by atoms with Crippen LogP contribution in [-0.2, 0) is 5.41 Å². The lowest BCUT2D eigenvalue weighted by Crippen LogP contribution is -2.48. The molecule has 1 aromatic rings. The first-order valence-electron chi connectivity index (χ1n) is 10.9. The SMILES string of the molecule is CCC(C)Oc1ccc(C(C)(C)CC(C=C(C)C)N2CCC(C)(O)CC2)cc1. The van der Waals surface area contributed by atoms with E-state index in [2.05, 4.69) is 76.8 Å². The van der Waals surface area contributed by atoms with Gasteiger partial charge in [-0.2, -0.15) is 0 Å². The number of hydrogen-bond donors (Lipinski definition) is 1. The average Bonchev–Trinajstić information content (AvgIpc) is 2.61. The van der Waals surface area contributed by atoms with Gasteiger partial charge in [-0.3, -0.25) is 4.90 Å². The lowest BCUT2D eigenvalue weighted by molar-refractivity contribution is -0.0140. The Morgan fingerprint density at radius 1 is 1.21 bits per heavy atom. The van der Waals surface area contributed by atoms with Crippen LogP contribution in [0.4, 0.5) is 0 Å². The summed E-state index contributed by atoms with van der Waals surface area (Å²) in [5.41, 5.74) is 2.26. The topological polar surface area (TPSA) is 32.7 Å². The lowest BCUT2D eigenvalue weighted by Gasteiger charge is -2.42. The fourth-order valence-electron chi connectivity index (χ4n) is 3.96. The number of ether oxygens (including phenoxy) is 1. The van der Waals surface area contributed by atoms with Crippen LogP contribution in [0, 0.1) is 0 Å². The van der Waals surface area contributed by atoms with Crippen molar-refractivity contribution in [3.63, 3.8) is 0 Å². The lowest BCUT2D eigenvalue weighted by atomic mass is 9.78. The Balaban J connectivity index is 2.12. The van der Waals surface area contributed by atoms with E-state index in [1.54, 1.807) is 0 Å². The molecule has 1 heterocycles. The minimum absolute atomic E-state index is 0.0610. The van der Waals surface area contributed by atoms with Crippen LogP contribution in [0.15, 0.2) is 35.9 Å². The van der Waals surface area contributed by atoms with E-state index in [1.165, 1.54) is 11.1 Å². The minimum Gasteiger partial charge on any atom is -0.491 e. The molecular weight excluding hydrogens is 346 g/mol. The zero-order valence-electron chi connectivity index (χ0n) is 19.1. The van der Waals surface area contributed by atoms with Gasteiger partial charge in [-0.1, -0.05) is 44.6 Å². The van der Waals surface area contributed by atoms with Crippen molar-refractivity contribution < 1.29 is 9.84 Å². The zero-order valence-corrected chi connectivity index (χ0v) is 19.1. The molecule has 1 aliphatic heterocycles. The molecule has 2 atom stereocenters. The van der Waals surface area contributed by atoms with E-state index in [4.69, 9.17) is 4.74 Å². The van der Waals surface area contributed by atoms with Gasteiger partial charge >= 0.3 is 0 Å². The third-order valence-electron chi connectivity index (χ3n) is 6.14. The highest BCUT2D eigenvalue weighted by atomic mass is 16.5. The van der Waals surface area contributed by atoms with E-state index in [0.29, 0.717) is 6.04 Å². The van der Waals surface area contributed by atoms with Crippen LogP contribution in [-0.4, -0.2) is 40.8 Å². The minimum atomic E-state index is -0.507. The Hall–Kier alpha value is -1.32. The summed E-state index contributed by atoms with van der Waals surface area (Å²) < 4.78 is 5.94. The first-order valence-corrected chi connectivity index (χ1v) is 10.9. The highest BCUT2D eigenvalue weighted by Gasteiger charge is 2.33. The standard InChI is InChI=1S/C25H41NO2/c1-8-20(4)28-23-11-9-21(10-12-23)24(5,6)18-22(17-19(2)3)26-15-13-25(7,27)14-16-26/h9-12,17,20,22,27H,8,13-16,18H2,1-7H3. The summed E-state index contributed by atoms with van der Waals surface area (Å²) in [5, 5.41) is 10.3. The molecule has 3 heteroatoms. The predicted octanol–water partition coefficient (Wildman–Crippen LogP) is 5.71. The number of likely N-dealkylation sites (tertiary alicyclic amines) is 1. The molecule has 0 bridgehead atoms. The number of benzene rings is 1. The second kappa shape index (κ2) is 9.45. The molecule has 2 rings (SSSR count). The molecule has 0 amide bonds. The van der Waals surface area contributed by atoms with E-state index < -0.39 is 5.60 Å². The Morgan fingerprint density at radius 2 is 1.79 bits per heavy atom. The van der Waals surface area contributed by atoms with Crippen molar-refractivity contribution in [2.45, 2.75) is 97.3 Å². The molecule has 0 aromatic heterocycles. The van der Waals surface area contributed by atoms with Gasteiger partial charge in [-0.15, -0.1) is 0 Å². The van der Waals surface area contributed by atoms with Gasteiger partial charge < -0.3 is 9.84 Å². The van der Waals surface area contributed by atoms with Gasteiger partial charge in [-0.25, -0.2) is 0 Å². The summed E-state index contributed by atoms with van der Waals surface area (Å²) in [5.74, 6) is 0.952. The van der Waals surface area contributed by atoms with Crippen molar-refractivity contribution in [2.24, 2.45) is 0 Å². The zero-order chi connectivity index (χ0) is 20.9. The van der Waals surface area contributed by atoms with Crippen molar-refractivity contribution in [1.82, 2.24) is 4.90 Å². The number of rotatable bonds is 8. The molecular formula is C25H41NO2. The van der Waals surface area contributed by atoms with Crippen LogP contribution in [0.5, 0.6) is 5.75 Å². The van der Waals surface area contributed by atoms with Crippen molar-refractivity contribution in [3.8, 4) is 5.75 Å². The van der Waals surface area contributed by atoms with Gasteiger partial charge in [0.15, 0.2) is 0 Å². The summed E-state index contributed by atoms with van der Waals surface area (Å²) in [6, 6.07) is 9.05. The molecule has 0 saturated carbocycles. The van der Waals surface area contributed by atoms with Gasteiger partial charge in [-0.05, 0) is 76.5 Å². The fourth-order valence-corrected chi connectivity index (χ4v) is 3.96. The molecule has 0 radical (unpaired) electrons. The van der Waals surface area contributed by atoms with Crippen molar-refractivity contribution in [1.29, 1.82) is 0 Å². The molecule has 1 aliphatic rings. The molecule has 1 saturated heterocycles. The predicted molar refractivity (Wildman–Crippen MR) is 119 cm³/mol. The Bertz CT molecular complexity index is 631. The Kier molecular flexibility index (Phi) is 7.75. The molecule has 1 fully saturated rings. The smallest absolute Gasteiger partial charge is 0.119 e. The van der Waals surface area contributed by atoms with Crippen LogP contribution in [0.25, 0.3) is 0 Å². The van der Waals surface area contributed by atoms with Gasteiger partial charge in [0.25, 0.3) is 0 Å². The van der Waals surface area contributed by atoms with Crippen molar-refractivity contribution >= 4 is 0 Å². The largest absolute Gasteiger partial charge is 0.491 e. The maximum absolute atomic E-state index is 10.3. The summed E-state index contributed by atoms with van der Waals surface area (Å²) in [4.78, 5) is 2.55. The van der Waals surface area contributed by atoms with Gasteiger partial charge in [0.1, 0.15) is 5.75 Å². The average molecular weight is 388 g/mol. The number of allylic oxidation sites excluding steroid dienone is 1. The van der Waals surface area contributed by atoms with Crippen LogP contribution in [0.1, 0.15) is 79.7 Å². The maximum Gasteiger partial charge on any atom is 0.119 e. The van der Waals surface area contributed by atoms with E-state index in [-0.39, 0.29) is 11.5 Å². The van der Waals surface area contributed by atoms with E-state index in [0.717, 1.165) is 44.5 Å². The highest BCUT2D eigenvalue weighted by Crippen LogP contribution is 2.34. The second-order valence-electron chi connectivity index (χ2n) is 9.79. The van der Waals surface area contributed by atoms with Crippen LogP contribution >= 0.6 is 0 Å². The monoisotopic (exact) mass is 387 g/mol. The third kappa shape index (κ3) is 6.63. The molecule has 2 unspecified atom stereocenters. The quantitative estimate of drug-likeness (QED) is 0.580. The van der Waals surface area contributed by atoms with Crippen LogP contribution in [0.2, 0.25) is 0 Å². The Labute approximate surface area is 172 Å². The summed E-state index contributed by atoms with van der Waals surface area (Å²) in [7, 11) is 0. The van der Waals surface area contributed by atoms with Gasteiger partial charge in [0.2, 0.25) is 0 Å². The molecule has 0 aliphatic carbocycles. The van der Waals surface area contributed by atoms with Crippen LogP contribution in [0.3, 0.4) is 0 Å². The molecule has 158 valence electrons. The maximum atomic E-state index is 10.3. The first kappa shape index (κ1) is 23.0. The molecule has 28 heavy (non-hydrogen) atoms. The van der Waals surface area contributed by atoms with E-state index in [9.17, 15) is 5.11 Å². The number of aliphatic hydroxyl groups is 1. The summed E-state index contributed by atoms with van der Waals surface area (Å²) in [6.07, 6.45) is 6.43. The first-order chi connectivity index (χ1) is 13.0. The summed E-state index contributed by atoms with van der Waals surface area (Å²) >= 11 is 0. The van der Waals surface area contributed by atoms with E-state index >= 15 is 0 Å². The Morgan fingerprint density at radius 3 is 2.29 bits per heavy atom. The van der Waals surface area contributed by atoms with Crippen molar-refractivity contribution in [2.75, 3.05) is 13.1 Å². The van der Waals surface area contributed by atoms with Gasteiger partial charge in [0, 0.05) is 19.1 Å². The molecule has 0 spiro atoms. The van der Waals surface area contributed by atoms with Gasteiger partial charge in [0.05, 0.1) is 11.7 Å². The van der Waals surface area contributed by atoms with Crippen LogP contribution < -0.4 is 4.74 Å². The molecule has 3 nitrogen and oxygen atoms in total. The number of nitrogens with zero attached hydrogens (tertiary/aromatic N) is 1. The third-order valence-corrected chi connectivity index (χ3v) is 6.14. The fraction of sp³-hybridized carbons (Fsp3) is 0.680. The molecule has 1 aromatic carbocycles. The number of hydrogen-bond acceptors (Lipinski definition) is 3. The molecule has 1 N–H and O–H groups in total. The summed E-state index contributed by atoms with van der Waals surface area (Å²) in [6.45, 7) is 17.2. The van der Waals surface area contributed by atoms with Crippen molar-refractivity contribution in [3.05, 3.63) is 41.5 Å².